The second-order valence-electron chi connectivity index (χ2n) is 5.97. The van der Waals surface area contributed by atoms with Gasteiger partial charge in [-0.1, -0.05) is 12.1 Å². The summed E-state index contributed by atoms with van der Waals surface area (Å²) in [4.78, 5) is 29.2. The maximum absolute atomic E-state index is 13.1. The third-order valence-corrected chi connectivity index (χ3v) is 4.25. The normalized spacial score (nSPS) is 17.0. The third kappa shape index (κ3) is 4.15. The molecule has 1 saturated heterocycles. The molecule has 0 radical (unpaired) electrons. The van der Waals surface area contributed by atoms with Crippen molar-refractivity contribution in [3.8, 4) is 0 Å². The van der Waals surface area contributed by atoms with Crippen molar-refractivity contribution in [2.24, 2.45) is 0 Å². The van der Waals surface area contributed by atoms with Crippen LogP contribution in [0.4, 0.5) is 9.18 Å². The van der Waals surface area contributed by atoms with Crippen LogP contribution in [0, 0.1) is 5.82 Å². The summed E-state index contributed by atoms with van der Waals surface area (Å²) in [5, 5.41) is 14.9. The van der Waals surface area contributed by atoms with Gasteiger partial charge >= 0.3 is 12.0 Å². The first-order valence-corrected chi connectivity index (χ1v) is 8.23. The third-order valence-electron chi connectivity index (χ3n) is 4.25. The van der Waals surface area contributed by atoms with Crippen LogP contribution < -0.4 is 10.6 Å². The fourth-order valence-corrected chi connectivity index (χ4v) is 2.85. The molecule has 1 fully saturated rings. The number of hydrogen-bond donors (Lipinski definition) is 3. The van der Waals surface area contributed by atoms with Crippen LogP contribution in [0.3, 0.4) is 0 Å². The van der Waals surface area contributed by atoms with E-state index in [0.717, 1.165) is 5.56 Å². The van der Waals surface area contributed by atoms with Gasteiger partial charge in [0.2, 0.25) is 0 Å². The van der Waals surface area contributed by atoms with E-state index in [1.54, 1.807) is 23.1 Å². The van der Waals surface area contributed by atoms with Gasteiger partial charge in [-0.25, -0.2) is 14.0 Å². The molecule has 0 saturated carbocycles. The number of aromatic carboxylic acids is 1. The Kier molecular flexibility index (Phi) is 5.43. The average molecular weight is 358 g/mol. The van der Waals surface area contributed by atoms with Crippen molar-refractivity contribution in [1.82, 2.24) is 20.5 Å². The smallest absolute Gasteiger partial charge is 0.337 e. The summed E-state index contributed by atoms with van der Waals surface area (Å²) < 4.78 is 13.1. The molecule has 7 nitrogen and oxygen atoms in total. The minimum absolute atomic E-state index is 0.0959. The number of aromatic nitrogens is 1. The highest BCUT2D eigenvalue weighted by molar-refractivity contribution is 5.87. The van der Waals surface area contributed by atoms with Crippen molar-refractivity contribution >= 4 is 12.0 Å². The van der Waals surface area contributed by atoms with Gasteiger partial charge in [-0.2, -0.15) is 0 Å². The molecule has 1 aliphatic rings. The molecule has 1 atom stereocenters. The van der Waals surface area contributed by atoms with Crippen LogP contribution >= 0.6 is 0 Å². The van der Waals surface area contributed by atoms with Crippen molar-refractivity contribution in [3.63, 3.8) is 0 Å². The maximum Gasteiger partial charge on any atom is 0.337 e. The summed E-state index contributed by atoms with van der Waals surface area (Å²) in [5.41, 5.74) is 1.52. The van der Waals surface area contributed by atoms with E-state index in [4.69, 9.17) is 5.11 Å². The Balaban J connectivity index is 1.64. The Morgan fingerprint density at radius 1 is 1.27 bits per heavy atom. The zero-order valence-electron chi connectivity index (χ0n) is 14.0. The lowest BCUT2D eigenvalue weighted by molar-refractivity contribution is 0.0696. The number of carboxylic acids is 1. The summed E-state index contributed by atoms with van der Waals surface area (Å²) >= 11 is 0. The predicted octanol–water partition coefficient (Wildman–Crippen LogP) is 1.77. The summed E-state index contributed by atoms with van der Waals surface area (Å²) in [5.74, 6) is -1.36. The lowest BCUT2D eigenvalue weighted by Crippen LogP contribution is -2.51. The van der Waals surface area contributed by atoms with Crippen LogP contribution in [0.25, 0.3) is 0 Å². The predicted molar refractivity (Wildman–Crippen MR) is 92.1 cm³/mol. The number of pyridine rings is 1. The van der Waals surface area contributed by atoms with E-state index in [1.165, 1.54) is 24.4 Å². The van der Waals surface area contributed by atoms with E-state index in [2.05, 4.69) is 15.6 Å². The van der Waals surface area contributed by atoms with Crippen LogP contribution in [0.15, 0.2) is 42.6 Å². The highest BCUT2D eigenvalue weighted by atomic mass is 19.1. The minimum Gasteiger partial charge on any atom is -0.478 e. The Morgan fingerprint density at radius 3 is 2.69 bits per heavy atom. The van der Waals surface area contributed by atoms with Crippen LogP contribution in [-0.2, 0) is 6.54 Å². The molecular weight excluding hydrogens is 339 g/mol. The number of halogens is 1. The first-order chi connectivity index (χ1) is 12.5. The van der Waals surface area contributed by atoms with Crippen LogP contribution in [0.2, 0.25) is 0 Å². The number of nitrogens with zero attached hydrogens (tertiary/aromatic N) is 2. The number of rotatable bonds is 4. The van der Waals surface area contributed by atoms with Crippen molar-refractivity contribution in [3.05, 3.63) is 65.2 Å². The summed E-state index contributed by atoms with van der Waals surface area (Å²) in [6.07, 6.45) is 1.26. The Bertz CT molecular complexity index is 780. The topological polar surface area (TPSA) is 94.6 Å². The molecule has 1 aromatic heterocycles. The summed E-state index contributed by atoms with van der Waals surface area (Å²) in [7, 11) is 0. The van der Waals surface area contributed by atoms with E-state index in [9.17, 15) is 14.0 Å². The van der Waals surface area contributed by atoms with E-state index < -0.39 is 5.97 Å². The fourth-order valence-electron chi connectivity index (χ4n) is 2.85. The highest BCUT2D eigenvalue weighted by Crippen LogP contribution is 2.22. The number of carbonyl (C=O) groups excluding carboxylic acids is 1. The van der Waals surface area contributed by atoms with Gasteiger partial charge < -0.3 is 20.6 Å². The molecule has 0 aliphatic carbocycles. The van der Waals surface area contributed by atoms with E-state index in [1.807, 2.05) is 0 Å². The summed E-state index contributed by atoms with van der Waals surface area (Å²) in [6.45, 7) is 1.99. The maximum atomic E-state index is 13.1. The highest BCUT2D eigenvalue weighted by Gasteiger charge is 2.27. The molecule has 0 spiro atoms. The number of carboxylic acid groups (broad SMARTS) is 1. The number of piperazine rings is 1. The van der Waals surface area contributed by atoms with E-state index in [0.29, 0.717) is 25.3 Å². The average Bonchev–Trinajstić information content (AvgIpc) is 2.67. The molecule has 8 heteroatoms. The number of urea groups is 1. The van der Waals surface area contributed by atoms with Crippen molar-refractivity contribution in [1.29, 1.82) is 0 Å². The van der Waals surface area contributed by atoms with Gasteiger partial charge in [-0.05, 0) is 29.8 Å². The lowest BCUT2D eigenvalue weighted by atomic mass is 10.0. The van der Waals surface area contributed by atoms with E-state index in [-0.39, 0.29) is 30.0 Å². The largest absolute Gasteiger partial charge is 0.478 e. The Labute approximate surface area is 149 Å². The van der Waals surface area contributed by atoms with Gasteiger partial charge in [0.05, 0.1) is 23.8 Å². The van der Waals surface area contributed by atoms with Crippen molar-refractivity contribution in [2.45, 2.75) is 12.6 Å². The van der Waals surface area contributed by atoms with Crippen LogP contribution in [-0.4, -0.2) is 46.6 Å². The number of carbonyl (C=O) groups is 2. The Morgan fingerprint density at radius 2 is 2.04 bits per heavy atom. The van der Waals surface area contributed by atoms with Crippen LogP contribution in [0.1, 0.15) is 27.7 Å². The molecule has 3 N–H and O–H groups in total. The second kappa shape index (κ2) is 7.92. The summed E-state index contributed by atoms with van der Waals surface area (Å²) in [6, 6.07) is 8.71. The SMILES string of the molecule is O=C(O)c1ccc(CNC(=O)N2CCNCC2c2ccc(F)cc2)nc1. The molecule has 1 aliphatic heterocycles. The van der Waals surface area contributed by atoms with Gasteiger partial charge in [-0.3, -0.25) is 4.98 Å². The minimum atomic E-state index is -1.05. The molecule has 136 valence electrons. The zero-order chi connectivity index (χ0) is 18.5. The molecule has 2 aromatic rings. The van der Waals surface area contributed by atoms with Gasteiger partial charge in [0.25, 0.3) is 0 Å². The number of benzene rings is 1. The second-order valence-corrected chi connectivity index (χ2v) is 5.97. The molecule has 0 bridgehead atoms. The molecule has 1 aromatic carbocycles. The lowest BCUT2D eigenvalue weighted by Gasteiger charge is -2.36. The zero-order valence-corrected chi connectivity index (χ0v) is 14.0. The number of nitrogens with one attached hydrogen (secondary N) is 2. The van der Waals surface area contributed by atoms with Gasteiger partial charge in [0.15, 0.2) is 0 Å². The molecule has 26 heavy (non-hydrogen) atoms. The first-order valence-electron chi connectivity index (χ1n) is 8.23. The number of amides is 2. The first kappa shape index (κ1) is 17.8. The van der Waals surface area contributed by atoms with Crippen molar-refractivity contribution in [2.75, 3.05) is 19.6 Å². The monoisotopic (exact) mass is 358 g/mol. The quantitative estimate of drug-likeness (QED) is 0.774. The van der Waals surface area contributed by atoms with Gasteiger partial charge in [0, 0.05) is 25.8 Å². The van der Waals surface area contributed by atoms with Gasteiger partial charge in [0.1, 0.15) is 5.82 Å². The fraction of sp³-hybridized carbons (Fsp3) is 0.278. The van der Waals surface area contributed by atoms with Crippen molar-refractivity contribution < 1.29 is 19.1 Å². The molecule has 3 rings (SSSR count). The number of hydrogen-bond acceptors (Lipinski definition) is 4. The molecule has 1 unspecified atom stereocenters. The standard InChI is InChI=1S/C18H19FN4O3/c19-14-4-1-12(2-5-14)16-11-20-7-8-23(16)18(26)22-10-15-6-3-13(9-21-15)17(24)25/h1-6,9,16,20H,7-8,10-11H2,(H,22,26)(H,24,25). The molecule has 2 heterocycles. The Hall–Kier alpha value is -3.00. The molecular formula is C18H19FN4O3. The molecule has 2 amide bonds. The van der Waals surface area contributed by atoms with Crippen LogP contribution in [0.5, 0.6) is 0 Å². The van der Waals surface area contributed by atoms with E-state index >= 15 is 0 Å². The van der Waals surface area contributed by atoms with Gasteiger partial charge in [-0.15, -0.1) is 0 Å².